The second-order valence-corrected chi connectivity index (χ2v) is 5.57. The Bertz CT molecular complexity index is 694. The van der Waals surface area contributed by atoms with Gasteiger partial charge in [0, 0.05) is 0 Å². The highest BCUT2D eigenvalue weighted by molar-refractivity contribution is 7.89. The van der Waals surface area contributed by atoms with Crippen LogP contribution in [-0.2, 0) is 16.6 Å². The first-order valence-corrected chi connectivity index (χ1v) is 6.98. The van der Waals surface area contributed by atoms with Gasteiger partial charge in [0.1, 0.15) is 5.76 Å². The molecule has 0 aliphatic carbocycles. The van der Waals surface area contributed by atoms with Crippen LogP contribution in [0.5, 0.6) is 0 Å². The fourth-order valence-corrected chi connectivity index (χ4v) is 2.08. The van der Waals surface area contributed by atoms with Gasteiger partial charge in [-0.15, -0.1) is 0 Å². The molecular weight excluding hydrogens is 268 g/mol. The van der Waals surface area contributed by atoms with E-state index < -0.39 is 10.0 Å². The molecule has 0 saturated carbocycles. The second-order valence-electron chi connectivity index (χ2n) is 4.01. The Kier molecular flexibility index (Phi) is 3.45. The fraction of sp³-hybridized carbons (Fsp3) is 0.182. The van der Waals surface area contributed by atoms with Crippen LogP contribution in [0.4, 0.5) is 11.4 Å². The van der Waals surface area contributed by atoms with E-state index in [4.69, 9.17) is 15.3 Å². The molecule has 0 aliphatic heterocycles. The van der Waals surface area contributed by atoms with Crippen molar-refractivity contribution >= 4 is 21.4 Å². The molecule has 0 unspecified atom stereocenters. The van der Waals surface area contributed by atoms with Crippen LogP contribution >= 0.6 is 0 Å². The third kappa shape index (κ3) is 3.24. The van der Waals surface area contributed by atoms with Crippen molar-refractivity contribution in [2.45, 2.75) is 18.4 Å². The second kappa shape index (κ2) is 4.90. The Hall–Kier alpha value is -2.06. The summed E-state index contributed by atoms with van der Waals surface area (Å²) in [4.78, 5) is 4.01. The van der Waals surface area contributed by atoms with Gasteiger partial charge in [0.2, 0.25) is 15.9 Å². The van der Waals surface area contributed by atoms with Crippen molar-refractivity contribution in [3.8, 4) is 0 Å². The highest BCUT2D eigenvalue weighted by Crippen LogP contribution is 2.22. The number of anilines is 2. The number of aryl methyl sites for hydroxylation is 1. The van der Waals surface area contributed by atoms with Gasteiger partial charge in [0.05, 0.1) is 29.0 Å². The lowest BCUT2D eigenvalue weighted by Crippen LogP contribution is -2.13. The summed E-state index contributed by atoms with van der Waals surface area (Å²) in [5.74, 6) is 1.24. The molecule has 0 radical (unpaired) electrons. The molecule has 0 atom stereocenters. The molecule has 1 heterocycles. The molecule has 2 aromatic rings. The van der Waals surface area contributed by atoms with Crippen LogP contribution in [-0.4, -0.2) is 13.4 Å². The highest BCUT2D eigenvalue weighted by Gasteiger charge is 2.10. The normalized spacial score (nSPS) is 11.5. The molecule has 0 saturated heterocycles. The average Bonchev–Trinajstić information content (AvgIpc) is 2.72. The van der Waals surface area contributed by atoms with Gasteiger partial charge in [0.15, 0.2) is 0 Å². The van der Waals surface area contributed by atoms with Gasteiger partial charge >= 0.3 is 0 Å². The number of nitrogens with two attached hydrogens (primary N) is 2. The number of benzene rings is 1. The lowest BCUT2D eigenvalue weighted by atomic mass is 10.2. The molecule has 5 N–H and O–H groups in total. The minimum Gasteiger partial charge on any atom is -0.444 e. The summed E-state index contributed by atoms with van der Waals surface area (Å²) in [6, 6.07) is 4.23. The van der Waals surface area contributed by atoms with Gasteiger partial charge in [-0.2, -0.15) is 0 Å². The Balaban J connectivity index is 2.14. The molecule has 0 amide bonds. The van der Waals surface area contributed by atoms with Crippen LogP contribution in [0.2, 0.25) is 0 Å². The molecule has 1 aromatic heterocycles. The number of primary sulfonamides is 1. The predicted molar refractivity (Wildman–Crippen MR) is 70.8 cm³/mol. The third-order valence-electron chi connectivity index (χ3n) is 2.45. The van der Waals surface area contributed by atoms with Gasteiger partial charge in [-0.1, -0.05) is 0 Å². The van der Waals surface area contributed by atoms with E-state index >= 15 is 0 Å². The molecule has 1 aromatic carbocycles. The minimum absolute atomic E-state index is 0.0254. The van der Waals surface area contributed by atoms with Gasteiger partial charge in [-0.25, -0.2) is 18.5 Å². The molecule has 8 heteroatoms. The Morgan fingerprint density at radius 3 is 2.68 bits per heavy atom. The van der Waals surface area contributed by atoms with E-state index in [9.17, 15) is 8.42 Å². The van der Waals surface area contributed by atoms with Gasteiger partial charge in [-0.05, 0) is 25.1 Å². The number of aromatic nitrogens is 1. The number of rotatable bonds is 4. The van der Waals surface area contributed by atoms with Crippen LogP contribution < -0.4 is 16.2 Å². The Labute approximate surface area is 110 Å². The summed E-state index contributed by atoms with van der Waals surface area (Å²) in [5.41, 5.74) is 6.63. The third-order valence-corrected chi connectivity index (χ3v) is 3.36. The maximum atomic E-state index is 11.2. The standard InChI is InChI=1S/C11H14N4O3S/c1-7-5-15-11(18-7)6-14-10-3-2-8(4-9(10)12)19(13,16)17/h2-5,14H,6,12H2,1H3,(H2,13,16,17). The monoisotopic (exact) mass is 282 g/mol. The molecule has 19 heavy (non-hydrogen) atoms. The zero-order chi connectivity index (χ0) is 14.0. The lowest BCUT2D eigenvalue weighted by Gasteiger charge is -2.08. The molecule has 0 fully saturated rings. The van der Waals surface area contributed by atoms with Gasteiger partial charge in [0.25, 0.3) is 0 Å². The van der Waals surface area contributed by atoms with Crippen LogP contribution in [0.1, 0.15) is 11.7 Å². The number of oxazole rings is 1. The molecule has 102 valence electrons. The van der Waals surface area contributed by atoms with Gasteiger partial charge in [-0.3, -0.25) is 0 Å². The summed E-state index contributed by atoms with van der Waals surface area (Å²) in [6.07, 6.45) is 1.62. The first-order chi connectivity index (χ1) is 8.86. The molecular formula is C11H14N4O3S. The number of nitrogens with zero attached hydrogens (tertiary/aromatic N) is 1. The summed E-state index contributed by atoms with van der Waals surface area (Å²) < 4.78 is 27.6. The van der Waals surface area contributed by atoms with Gasteiger partial charge < -0.3 is 15.5 Å². The number of nitrogens with one attached hydrogen (secondary N) is 1. The fourth-order valence-electron chi connectivity index (χ4n) is 1.53. The lowest BCUT2D eigenvalue weighted by molar-refractivity contribution is 0.479. The van der Waals surface area contributed by atoms with Crippen molar-refractivity contribution in [2.75, 3.05) is 11.1 Å². The van der Waals surface area contributed by atoms with Crippen LogP contribution in [0.25, 0.3) is 0 Å². The Morgan fingerprint density at radius 2 is 2.16 bits per heavy atom. The summed E-state index contributed by atoms with van der Waals surface area (Å²) in [6.45, 7) is 2.15. The minimum atomic E-state index is -3.74. The van der Waals surface area contributed by atoms with Crippen LogP contribution in [0.3, 0.4) is 0 Å². The molecule has 2 rings (SSSR count). The highest BCUT2D eigenvalue weighted by atomic mass is 32.2. The SMILES string of the molecule is Cc1cnc(CNc2ccc(S(N)(=O)=O)cc2N)o1. The van der Waals surface area contributed by atoms with Crippen molar-refractivity contribution in [1.29, 1.82) is 0 Å². The van der Waals surface area contributed by atoms with Crippen LogP contribution in [0.15, 0.2) is 33.7 Å². The predicted octanol–water partition coefficient (Wildman–Crippen LogP) is 0.825. The van der Waals surface area contributed by atoms with Crippen LogP contribution in [0, 0.1) is 6.92 Å². The zero-order valence-corrected chi connectivity index (χ0v) is 11.1. The number of hydrogen-bond acceptors (Lipinski definition) is 6. The number of nitrogen functional groups attached to an aromatic ring is 1. The van der Waals surface area contributed by atoms with E-state index in [0.717, 1.165) is 0 Å². The largest absolute Gasteiger partial charge is 0.444 e. The van der Waals surface area contributed by atoms with E-state index in [-0.39, 0.29) is 10.6 Å². The summed E-state index contributed by atoms with van der Waals surface area (Å²) in [7, 11) is -3.74. The van der Waals surface area contributed by atoms with E-state index in [1.54, 1.807) is 19.2 Å². The van der Waals surface area contributed by atoms with Crippen molar-refractivity contribution in [3.63, 3.8) is 0 Å². The zero-order valence-electron chi connectivity index (χ0n) is 10.3. The topological polar surface area (TPSA) is 124 Å². The molecule has 0 bridgehead atoms. The maximum Gasteiger partial charge on any atom is 0.238 e. The van der Waals surface area contributed by atoms with Crippen molar-refractivity contribution < 1.29 is 12.8 Å². The van der Waals surface area contributed by atoms with E-state index in [2.05, 4.69) is 10.3 Å². The quantitative estimate of drug-likeness (QED) is 0.713. The first-order valence-electron chi connectivity index (χ1n) is 5.44. The maximum absolute atomic E-state index is 11.2. The molecule has 7 nitrogen and oxygen atoms in total. The van der Waals surface area contributed by atoms with E-state index in [1.807, 2.05) is 0 Å². The average molecular weight is 282 g/mol. The van der Waals surface area contributed by atoms with Crippen molar-refractivity contribution in [1.82, 2.24) is 4.98 Å². The van der Waals surface area contributed by atoms with E-state index in [0.29, 0.717) is 23.9 Å². The summed E-state index contributed by atoms with van der Waals surface area (Å²) in [5, 5.41) is 8.02. The smallest absolute Gasteiger partial charge is 0.238 e. The molecule has 0 aliphatic rings. The Morgan fingerprint density at radius 1 is 1.42 bits per heavy atom. The molecule has 0 spiro atoms. The first kappa shape index (κ1) is 13.4. The van der Waals surface area contributed by atoms with E-state index in [1.165, 1.54) is 12.1 Å². The van der Waals surface area contributed by atoms with Crippen molar-refractivity contribution in [2.24, 2.45) is 5.14 Å². The summed E-state index contributed by atoms with van der Waals surface area (Å²) >= 11 is 0. The van der Waals surface area contributed by atoms with Crippen molar-refractivity contribution in [3.05, 3.63) is 36.0 Å². The number of sulfonamides is 1. The number of hydrogen-bond donors (Lipinski definition) is 3.